The Hall–Kier alpha value is -0.570. The number of piperidine rings is 1. The topological polar surface area (TPSA) is 32.3 Å². The zero-order valence-electron chi connectivity index (χ0n) is 8.25. The molecule has 2 heterocycles. The summed E-state index contributed by atoms with van der Waals surface area (Å²) in [5.74, 6) is 0.963. The second-order valence-corrected chi connectivity index (χ2v) is 4.33. The maximum atomic E-state index is 11.7. The number of hydrogen-bond acceptors (Lipinski definition) is 2. The van der Waals surface area contributed by atoms with Crippen LogP contribution in [0.2, 0.25) is 0 Å². The predicted octanol–water partition coefficient (Wildman–Crippen LogP) is 0.607. The molecule has 0 aromatic heterocycles. The standard InChI is InChI=1S/C10H18N2O/c1-8-3-5-12(10(13)6-8)9-2-4-11-7-9/h8-9,11H,2-7H2,1H3. The van der Waals surface area contributed by atoms with Crippen molar-refractivity contribution in [2.75, 3.05) is 19.6 Å². The monoisotopic (exact) mass is 182 g/mol. The van der Waals surface area contributed by atoms with Crippen LogP contribution in [0.4, 0.5) is 0 Å². The molecule has 1 amide bonds. The summed E-state index contributed by atoms with van der Waals surface area (Å²) in [7, 11) is 0. The lowest BCUT2D eigenvalue weighted by atomic mass is 9.97. The summed E-state index contributed by atoms with van der Waals surface area (Å²) in [6.07, 6.45) is 3.08. The Morgan fingerprint density at radius 1 is 1.46 bits per heavy atom. The van der Waals surface area contributed by atoms with E-state index in [0.29, 0.717) is 17.9 Å². The van der Waals surface area contributed by atoms with Gasteiger partial charge in [-0.15, -0.1) is 0 Å². The van der Waals surface area contributed by atoms with Gasteiger partial charge in [0.15, 0.2) is 0 Å². The van der Waals surface area contributed by atoms with Gasteiger partial charge in [-0.2, -0.15) is 0 Å². The van der Waals surface area contributed by atoms with Crippen LogP contribution < -0.4 is 5.32 Å². The highest BCUT2D eigenvalue weighted by Gasteiger charge is 2.30. The van der Waals surface area contributed by atoms with Crippen molar-refractivity contribution in [2.45, 2.75) is 32.2 Å². The molecule has 2 aliphatic heterocycles. The van der Waals surface area contributed by atoms with Gasteiger partial charge in [0.2, 0.25) is 5.91 Å². The first-order valence-corrected chi connectivity index (χ1v) is 5.27. The van der Waals surface area contributed by atoms with E-state index in [-0.39, 0.29) is 0 Å². The van der Waals surface area contributed by atoms with Crippen molar-refractivity contribution in [3.8, 4) is 0 Å². The van der Waals surface area contributed by atoms with Gasteiger partial charge in [0.25, 0.3) is 0 Å². The van der Waals surface area contributed by atoms with Gasteiger partial charge in [0, 0.05) is 25.6 Å². The first-order chi connectivity index (χ1) is 6.27. The lowest BCUT2D eigenvalue weighted by Gasteiger charge is -2.34. The van der Waals surface area contributed by atoms with E-state index in [9.17, 15) is 4.79 Å². The van der Waals surface area contributed by atoms with Crippen molar-refractivity contribution in [2.24, 2.45) is 5.92 Å². The molecule has 13 heavy (non-hydrogen) atoms. The molecule has 2 aliphatic rings. The maximum absolute atomic E-state index is 11.7. The van der Waals surface area contributed by atoms with E-state index < -0.39 is 0 Å². The molecule has 0 aromatic rings. The van der Waals surface area contributed by atoms with Crippen LogP contribution in [0, 0.1) is 5.92 Å². The number of amides is 1. The second kappa shape index (κ2) is 3.66. The highest BCUT2D eigenvalue weighted by molar-refractivity contribution is 5.77. The van der Waals surface area contributed by atoms with Crippen LogP contribution in [0.1, 0.15) is 26.2 Å². The average Bonchev–Trinajstić information content (AvgIpc) is 2.56. The molecule has 2 fully saturated rings. The Morgan fingerprint density at radius 2 is 2.31 bits per heavy atom. The van der Waals surface area contributed by atoms with E-state index in [1.807, 2.05) is 0 Å². The highest BCUT2D eigenvalue weighted by atomic mass is 16.2. The Labute approximate surface area is 79.5 Å². The second-order valence-electron chi connectivity index (χ2n) is 4.33. The van der Waals surface area contributed by atoms with Crippen molar-refractivity contribution < 1.29 is 4.79 Å². The van der Waals surface area contributed by atoms with Gasteiger partial charge >= 0.3 is 0 Å². The largest absolute Gasteiger partial charge is 0.338 e. The van der Waals surface area contributed by atoms with Gasteiger partial charge in [-0.05, 0) is 25.3 Å². The van der Waals surface area contributed by atoms with E-state index in [2.05, 4.69) is 17.1 Å². The normalized spacial score (nSPS) is 35.5. The van der Waals surface area contributed by atoms with Crippen molar-refractivity contribution >= 4 is 5.91 Å². The average molecular weight is 182 g/mol. The fraction of sp³-hybridized carbons (Fsp3) is 0.900. The summed E-state index contributed by atoms with van der Waals surface area (Å²) >= 11 is 0. The van der Waals surface area contributed by atoms with Crippen LogP contribution >= 0.6 is 0 Å². The minimum atomic E-state index is 0.368. The lowest BCUT2D eigenvalue weighted by molar-refractivity contribution is -0.136. The van der Waals surface area contributed by atoms with Crippen LogP contribution in [0.5, 0.6) is 0 Å². The molecular weight excluding hydrogens is 164 g/mol. The molecule has 0 spiro atoms. The molecule has 0 radical (unpaired) electrons. The van der Waals surface area contributed by atoms with Crippen LogP contribution in [0.3, 0.4) is 0 Å². The molecule has 0 aromatic carbocycles. The molecular formula is C10H18N2O. The molecule has 2 atom stereocenters. The smallest absolute Gasteiger partial charge is 0.223 e. The molecule has 2 saturated heterocycles. The molecule has 0 saturated carbocycles. The number of hydrogen-bond donors (Lipinski definition) is 1. The molecule has 74 valence electrons. The minimum absolute atomic E-state index is 0.368. The third-order valence-corrected chi connectivity index (χ3v) is 3.18. The quantitative estimate of drug-likeness (QED) is 0.644. The van der Waals surface area contributed by atoms with Gasteiger partial charge in [-0.25, -0.2) is 0 Å². The SMILES string of the molecule is CC1CCN(C2CCNC2)C(=O)C1. The summed E-state index contributed by atoms with van der Waals surface area (Å²) in [5, 5.41) is 3.31. The molecule has 0 aliphatic carbocycles. The number of likely N-dealkylation sites (tertiary alicyclic amines) is 1. The Kier molecular flexibility index (Phi) is 2.54. The summed E-state index contributed by atoms with van der Waals surface area (Å²) in [6.45, 7) is 5.22. The maximum Gasteiger partial charge on any atom is 0.223 e. The fourth-order valence-electron chi connectivity index (χ4n) is 2.29. The van der Waals surface area contributed by atoms with E-state index in [1.54, 1.807) is 0 Å². The van der Waals surface area contributed by atoms with Gasteiger partial charge < -0.3 is 10.2 Å². The molecule has 3 heteroatoms. The molecule has 2 unspecified atom stereocenters. The molecule has 0 bridgehead atoms. The third-order valence-electron chi connectivity index (χ3n) is 3.18. The molecule has 1 N–H and O–H groups in total. The fourth-order valence-corrected chi connectivity index (χ4v) is 2.29. The number of nitrogens with zero attached hydrogens (tertiary/aromatic N) is 1. The summed E-state index contributed by atoms with van der Waals surface area (Å²) in [4.78, 5) is 13.8. The molecule has 3 nitrogen and oxygen atoms in total. The van der Waals surface area contributed by atoms with Crippen molar-refractivity contribution in [1.29, 1.82) is 0 Å². The number of nitrogens with one attached hydrogen (secondary N) is 1. The van der Waals surface area contributed by atoms with E-state index >= 15 is 0 Å². The van der Waals surface area contributed by atoms with Crippen LogP contribution in [-0.2, 0) is 4.79 Å². The predicted molar refractivity (Wildman–Crippen MR) is 51.4 cm³/mol. The Balaban J connectivity index is 1.95. The lowest BCUT2D eigenvalue weighted by Crippen LogP contribution is -2.45. The van der Waals surface area contributed by atoms with Crippen LogP contribution in [0.25, 0.3) is 0 Å². The number of carbonyl (C=O) groups excluding carboxylic acids is 1. The first kappa shape index (κ1) is 9.00. The minimum Gasteiger partial charge on any atom is -0.338 e. The first-order valence-electron chi connectivity index (χ1n) is 5.27. The summed E-state index contributed by atoms with van der Waals surface area (Å²) in [5.41, 5.74) is 0. The zero-order valence-corrected chi connectivity index (χ0v) is 8.25. The van der Waals surface area contributed by atoms with Gasteiger partial charge in [0.1, 0.15) is 0 Å². The van der Waals surface area contributed by atoms with Crippen LogP contribution in [-0.4, -0.2) is 36.5 Å². The van der Waals surface area contributed by atoms with E-state index in [4.69, 9.17) is 0 Å². The molecule has 2 rings (SSSR count). The van der Waals surface area contributed by atoms with Crippen molar-refractivity contribution in [3.63, 3.8) is 0 Å². The summed E-state index contributed by atoms with van der Waals surface area (Å²) < 4.78 is 0. The highest BCUT2D eigenvalue weighted by Crippen LogP contribution is 2.21. The third kappa shape index (κ3) is 1.85. The van der Waals surface area contributed by atoms with Crippen molar-refractivity contribution in [3.05, 3.63) is 0 Å². The van der Waals surface area contributed by atoms with Crippen molar-refractivity contribution in [1.82, 2.24) is 10.2 Å². The van der Waals surface area contributed by atoms with Gasteiger partial charge in [0.05, 0.1) is 0 Å². The Bertz CT molecular complexity index is 199. The number of rotatable bonds is 1. The summed E-state index contributed by atoms with van der Waals surface area (Å²) in [6, 6.07) is 0.486. The van der Waals surface area contributed by atoms with Crippen LogP contribution in [0.15, 0.2) is 0 Å². The van der Waals surface area contributed by atoms with Gasteiger partial charge in [-0.1, -0.05) is 6.92 Å². The Morgan fingerprint density at radius 3 is 2.92 bits per heavy atom. The van der Waals surface area contributed by atoms with E-state index in [1.165, 1.54) is 6.42 Å². The van der Waals surface area contributed by atoms with E-state index in [0.717, 1.165) is 32.5 Å². The number of carbonyl (C=O) groups is 1. The van der Waals surface area contributed by atoms with Gasteiger partial charge in [-0.3, -0.25) is 4.79 Å². The zero-order chi connectivity index (χ0) is 9.26.